The normalized spacial score (nSPS) is 22.3. The van der Waals surface area contributed by atoms with Gasteiger partial charge in [-0.15, -0.1) is 11.3 Å². The molecular formula is C31H35ClF2N4O3S. The fourth-order valence-electron chi connectivity index (χ4n) is 5.95. The van der Waals surface area contributed by atoms with Crippen LogP contribution in [-0.2, 0) is 10.3 Å². The second-order valence-electron chi connectivity index (χ2n) is 12.4. The summed E-state index contributed by atoms with van der Waals surface area (Å²) in [5.74, 6) is -2.10. The standard InChI is InChI=1S/C31H35ClF2N4O3S/c1-29(2,19-5-4-6-20(32)13-19)36-26(39)15-31(17-38(18-31)22-9-11-30(3,41)12-10-22)37-27(40)28-35-16-25(42-28)23-8-7-21(33)14-24(23)34/h4-8,13-14,16,22,41H,9-12,15,17-18H2,1-3H3,(H,36,39)(H,37,40). The summed E-state index contributed by atoms with van der Waals surface area (Å²) in [5.41, 5.74) is -1.18. The van der Waals surface area contributed by atoms with Gasteiger partial charge < -0.3 is 15.7 Å². The maximum Gasteiger partial charge on any atom is 0.280 e. The van der Waals surface area contributed by atoms with Crippen molar-refractivity contribution in [3.05, 3.63) is 75.9 Å². The van der Waals surface area contributed by atoms with Crippen molar-refractivity contribution < 1.29 is 23.5 Å². The van der Waals surface area contributed by atoms with Crippen LogP contribution in [0, 0.1) is 11.6 Å². The molecule has 42 heavy (non-hydrogen) atoms. The van der Waals surface area contributed by atoms with Crippen molar-refractivity contribution in [1.29, 1.82) is 0 Å². The maximum atomic E-state index is 14.3. The lowest BCUT2D eigenvalue weighted by Gasteiger charge is -2.54. The summed E-state index contributed by atoms with van der Waals surface area (Å²) >= 11 is 7.19. The average Bonchev–Trinajstić information content (AvgIpc) is 3.37. The number of aromatic nitrogens is 1. The molecule has 1 saturated carbocycles. The maximum absolute atomic E-state index is 14.3. The van der Waals surface area contributed by atoms with Gasteiger partial charge >= 0.3 is 0 Å². The predicted octanol–water partition coefficient (Wildman–Crippen LogP) is 5.66. The van der Waals surface area contributed by atoms with Gasteiger partial charge in [-0.25, -0.2) is 13.8 Å². The van der Waals surface area contributed by atoms with Crippen LogP contribution in [0.15, 0.2) is 48.7 Å². The summed E-state index contributed by atoms with van der Waals surface area (Å²) in [6.07, 6.45) is 4.51. The van der Waals surface area contributed by atoms with Gasteiger partial charge in [-0.1, -0.05) is 23.7 Å². The smallest absolute Gasteiger partial charge is 0.280 e. The largest absolute Gasteiger partial charge is 0.390 e. The number of rotatable bonds is 8. The van der Waals surface area contributed by atoms with Crippen LogP contribution in [0.1, 0.15) is 68.2 Å². The molecule has 1 aromatic heterocycles. The number of thiazole rings is 1. The summed E-state index contributed by atoms with van der Waals surface area (Å²) in [5, 5.41) is 17.2. The fourth-order valence-corrected chi connectivity index (χ4v) is 6.98. The Kier molecular flexibility index (Phi) is 8.46. The Labute approximate surface area is 253 Å². The first-order valence-corrected chi connectivity index (χ1v) is 15.2. The van der Waals surface area contributed by atoms with Crippen LogP contribution in [0.3, 0.4) is 0 Å². The molecule has 2 amide bonds. The van der Waals surface area contributed by atoms with Crippen LogP contribution in [0.4, 0.5) is 8.78 Å². The van der Waals surface area contributed by atoms with Crippen molar-refractivity contribution in [3.63, 3.8) is 0 Å². The number of amides is 2. The third-order valence-electron chi connectivity index (χ3n) is 8.33. The number of likely N-dealkylation sites (tertiary alicyclic amines) is 1. The zero-order valence-electron chi connectivity index (χ0n) is 23.8. The lowest BCUT2D eigenvalue weighted by atomic mass is 9.78. The topological polar surface area (TPSA) is 94.6 Å². The summed E-state index contributed by atoms with van der Waals surface area (Å²) in [6.45, 7) is 6.60. The van der Waals surface area contributed by atoms with Gasteiger partial charge in [0.25, 0.3) is 5.91 Å². The van der Waals surface area contributed by atoms with Crippen LogP contribution in [-0.4, -0.2) is 57.1 Å². The molecule has 2 fully saturated rings. The van der Waals surface area contributed by atoms with Crippen LogP contribution in [0.25, 0.3) is 10.4 Å². The van der Waals surface area contributed by atoms with Crippen LogP contribution >= 0.6 is 22.9 Å². The van der Waals surface area contributed by atoms with Gasteiger partial charge in [-0.3, -0.25) is 14.5 Å². The molecule has 224 valence electrons. The van der Waals surface area contributed by atoms with Gasteiger partial charge in [0.15, 0.2) is 5.01 Å². The number of aliphatic hydroxyl groups is 1. The van der Waals surface area contributed by atoms with Crippen molar-refractivity contribution in [3.8, 4) is 10.4 Å². The number of hydrogen-bond acceptors (Lipinski definition) is 6. The zero-order chi connectivity index (χ0) is 30.3. The van der Waals surface area contributed by atoms with E-state index in [2.05, 4.69) is 20.5 Å². The first-order valence-electron chi connectivity index (χ1n) is 14.0. The quantitative estimate of drug-likeness (QED) is 0.304. The monoisotopic (exact) mass is 616 g/mol. The lowest BCUT2D eigenvalue weighted by Crippen LogP contribution is -2.73. The second-order valence-corrected chi connectivity index (χ2v) is 13.8. The molecule has 3 N–H and O–H groups in total. The van der Waals surface area contributed by atoms with Crippen LogP contribution in [0.5, 0.6) is 0 Å². The Morgan fingerprint density at radius 2 is 1.88 bits per heavy atom. The minimum Gasteiger partial charge on any atom is -0.390 e. The van der Waals surface area contributed by atoms with E-state index in [1.54, 1.807) is 6.07 Å². The summed E-state index contributed by atoms with van der Waals surface area (Å²) in [7, 11) is 0. The van der Waals surface area contributed by atoms with Crippen molar-refractivity contribution in [1.82, 2.24) is 20.5 Å². The molecule has 0 spiro atoms. The molecule has 7 nitrogen and oxygen atoms in total. The second kappa shape index (κ2) is 11.6. The van der Waals surface area contributed by atoms with Crippen molar-refractivity contribution >= 4 is 34.8 Å². The molecule has 1 aliphatic carbocycles. The Hall–Kier alpha value is -2.92. The van der Waals surface area contributed by atoms with E-state index in [4.69, 9.17) is 11.6 Å². The number of carbonyl (C=O) groups is 2. The molecule has 1 saturated heterocycles. The minimum atomic E-state index is -0.835. The Morgan fingerprint density at radius 1 is 1.17 bits per heavy atom. The Morgan fingerprint density at radius 3 is 2.55 bits per heavy atom. The molecule has 0 radical (unpaired) electrons. The van der Waals surface area contributed by atoms with Crippen LogP contribution < -0.4 is 10.6 Å². The molecule has 2 heterocycles. The number of nitrogens with one attached hydrogen (secondary N) is 2. The predicted molar refractivity (Wildman–Crippen MR) is 159 cm³/mol. The van der Waals surface area contributed by atoms with Crippen molar-refractivity contribution in [2.24, 2.45) is 0 Å². The molecule has 0 bridgehead atoms. The highest BCUT2D eigenvalue weighted by Crippen LogP contribution is 2.37. The molecule has 0 unspecified atom stereocenters. The number of carbonyl (C=O) groups excluding carboxylic acids is 2. The van der Waals surface area contributed by atoms with Gasteiger partial charge in [0, 0.05) is 42.0 Å². The van der Waals surface area contributed by atoms with E-state index >= 15 is 0 Å². The van der Waals surface area contributed by atoms with Crippen molar-refractivity contribution in [2.45, 2.75) is 75.6 Å². The van der Waals surface area contributed by atoms with Gasteiger partial charge in [0.05, 0.1) is 28.0 Å². The molecular weight excluding hydrogens is 582 g/mol. The fraction of sp³-hybridized carbons (Fsp3) is 0.452. The van der Waals surface area contributed by atoms with Crippen LogP contribution in [0.2, 0.25) is 5.02 Å². The van der Waals surface area contributed by atoms with E-state index in [9.17, 15) is 23.5 Å². The number of nitrogens with zero attached hydrogens (tertiary/aromatic N) is 2. The Bertz CT molecular complexity index is 1480. The lowest BCUT2D eigenvalue weighted by molar-refractivity contribution is -0.127. The minimum absolute atomic E-state index is 0.0501. The van der Waals surface area contributed by atoms with Gasteiger partial charge in [-0.2, -0.15) is 0 Å². The highest BCUT2D eigenvalue weighted by Gasteiger charge is 2.49. The number of benzene rings is 2. The first-order chi connectivity index (χ1) is 19.7. The SMILES string of the molecule is CC1(O)CCC(N2CC(CC(=O)NC(C)(C)c3cccc(Cl)c3)(NC(=O)c3ncc(-c4ccc(F)cc4F)s3)C2)CC1. The molecule has 11 heteroatoms. The van der Waals surface area contributed by atoms with Crippen molar-refractivity contribution in [2.75, 3.05) is 13.1 Å². The summed E-state index contributed by atoms with van der Waals surface area (Å²) in [4.78, 5) is 33.7. The number of halogens is 3. The third-order valence-corrected chi connectivity index (χ3v) is 9.60. The molecule has 0 atom stereocenters. The van der Waals surface area contributed by atoms with E-state index < -0.39 is 34.2 Å². The highest BCUT2D eigenvalue weighted by atomic mass is 35.5. The number of hydrogen-bond donors (Lipinski definition) is 3. The third kappa shape index (κ3) is 6.83. The molecule has 2 aliphatic rings. The molecule has 3 aromatic rings. The van der Waals surface area contributed by atoms with E-state index in [0.29, 0.717) is 35.8 Å². The summed E-state index contributed by atoms with van der Waals surface area (Å²) < 4.78 is 27.7. The van der Waals surface area contributed by atoms with Gasteiger partial charge in [0.2, 0.25) is 5.91 Å². The first kappa shape index (κ1) is 30.5. The molecule has 2 aromatic carbocycles. The van der Waals surface area contributed by atoms with E-state index in [1.807, 2.05) is 39.0 Å². The van der Waals surface area contributed by atoms with E-state index in [0.717, 1.165) is 41.9 Å². The molecule has 5 rings (SSSR count). The van der Waals surface area contributed by atoms with Gasteiger partial charge in [0.1, 0.15) is 11.6 Å². The summed E-state index contributed by atoms with van der Waals surface area (Å²) in [6, 6.07) is 10.8. The van der Waals surface area contributed by atoms with E-state index in [-0.39, 0.29) is 28.9 Å². The van der Waals surface area contributed by atoms with Gasteiger partial charge in [-0.05, 0) is 76.3 Å². The highest BCUT2D eigenvalue weighted by molar-refractivity contribution is 7.17. The Balaban J connectivity index is 1.31. The zero-order valence-corrected chi connectivity index (χ0v) is 25.4. The molecule has 1 aliphatic heterocycles. The average molecular weight is 617 g/mol. The van der Waals surface area contributed by atoms with E-state index in [1.165, 1.54) is 12.3 Å².